The first-order valence-electron chi connectivity index (χ1n) is 6.46. The monoisotopic (exact) mass is 242 g/mol. The molecule has 94 valence electrons. The predicted molar refractivity (Wildman–Crippen MR) is 73.3 cm³/mol. The zero-order valence-corrected chi connectivity index (χ0v) is 10.7. The quantitative estimate of drug-likeness (QED) is 0.796. The molecule has 3 heteroatoms. The molecule has 1 aliphatic carbocycles. The highest BCUT2D eigenvalue weighted by Crippen LogP contribution is 2.42. The predicted octanol–water partition coefficient (Wildman–Crippen LogP) is 2.78. The molecule has 3 nitrogen and oxygen atoms in total. The van der Waals surface area contributed by atoms with E-state index in [0.717, 1.165) is 29.6 Å². The summed E-state index contributed by atoms with van der Waals surface area (Å²) < 4.78 is 5.86. The summed E-state index contributed by atoms with van der Waals surface area (Å²) in [6.07, 6.45) is 4.44. The van der Waals surface area contributed by atoms with Crippen LogP contribution in [0.1, 0.15) is 29.9 Å². The first kappa shape index (κ1) is 11.3. The lowest BCUT2D eigenvalue weighted by molar-refractivity contribution is 0.301. The molecule has 0 bridgehead atoms. The molecule has 2 aliphatic rings. The molecule has 1 heterocycles. The number of amidine groups is 1. The summed E-state index contributed by atoms with van der Waals surface area (Å²) in [4.78, 5) is 6.43. The Kier molecular flexibility index (Phi) is 2.82. The van der Waals surface area contributed by atoms with Gasteiger partial charge in [-0.15, -0.1) is 0 Å². The van der Waals surface area contributed by atoms with E-state index >= 15 is 0 Å². The molecule has 0 spiro atoms. The maximum atomic E-state index is 5.86. The van der Waals surface area contributed by atoms with Crippen LogP contribution in [0.2, 0.25) is 0 Å². The van der Waals surface area contributed by atoms with E-state index in [2.05, 4.69) is 29.8 Å². The van der Waals surface area contributed by atoms with Gasteiger partial charge in [0.05, 0.1) is 12.1 Å². The van der Waals surface area contributed by atoms with Crippen LogP contribution in [0.4, 0.5) is 0 Å². The van der Waals surface area contributed by atoms with Crippen LogP contribution < -0.4 is 4.74 Å². The van der Waals surface area contributed by atoms with E-state index in [9.17, 15) is 0 Å². The van der Waals surface area contributed by atoms with Crippen molar-refractivity contribution in [3.63, 3.8) is 0 Å². The van der Waals surface area contributed by atoms with Crippen molar-refractivity contribution in [2.24, 2.45) is 4.99 Å². The number of hydrogen-bond acceptors (Lipinski definition) is 2. The molecule has 3 rings (SSSR count). The molecule has 0 aromatic heterocycles. The minimum absolute atomic E-state index is 0.673. The second-order valence-corrected chi connectivity index (χ2v) is 4.80. The summed E-state index contributed by atoms with van der Waals surface area (Å²) in [7, 11) is 1.82. The molecule has 1 aliphatic heterocycles. The Bertz CT molecular complexity index is 503. The Morgan fingerprint density at radius 1 is 1.44 bits per heavy atom. The molecule has 1 fully saturated rings. The van der Waals surface area contributed by atoms with Gasteiger partial charge in [0.15, 0.2) is 0 Å². The highest BCUT2D eigenvalue weighted by molar-refractivity contribution is 6.02. The van der Waals surface area contributed by atoms with Crippen molar-refractivity contribution < 1.29 is 4.74 Å². The Morgan fingerprint density at radius 3 is 2.94 bits per heavy atom. The number of ether oxygens (including phenoxy) is 1. The second kappa shape index (κ2) is 4.48. The molecule has 0 radical (unpaired) electrons. The topological polar surface area (TPSA) is 24.8 Å². The summed E-state index contributed by atoms with van der Waals surface area (Å²) in [5, 5.41) is 0. The average molecular weight is 242 g/mol. The number of benzene rings is 1. The lowest BCUT2D eigenvalue weighted by Crippen LogP contribution is -2.27. The number of hydrogen-bond donors (Lipinski definition) is 0. The summed E-state index contributed by atoms with van der Waals surface area (Å²) in [5.41, 5.74) is 2.47. The van der Waals surface area contributed by atoms with Crippen LogP contribution in [0.5, 0.6) is 5.75 Å². The standard InChI is InChI=1S/C15H18N2O/c1-3-17-8-9-18-14-10-12(11-4-5-11)6-7-13(14)15(17)16-2/h3,6-7,10-11H,1,4-5,8-9H2,2H3. The average Bonchev–Trinajstić information content (AvgIpc) is 3.23. The zero-order valence-electron chi connectivity index (χ0n) is 10.7. The van der Waals surface area contributed by atoms with E-state index in [1.54, 1.807) is 0 Å². The number of rotatable bonds is 2. The van der Waals surface area contributed by atoms with E-state index < -0.39 is 0 Å². The van der Waals surface area contributed by atoms with E-state index in [1.807, 2.05) is 18.1 Å². The fourth-order valence-corrected chi connectivity index (χ4v) is 2.45. The zero-order chi connectivity index (χ0) is 12.5. The van der Waals surface area contributed by atoms with Crippen molar-refractivity contribution in [2.75, 3.05) is 20.2 Å². The third-order valence-corrected chi connectivity index (χ3v) is 3.59. The normalized spacial score (nSPS) is 21.2. The second-order valence-electron chi connectivity index (χ2n) is 4.80. The van der Waals surface area contributed by atoms with Crippen molar-refractivity contribution in [3.05, 3.63) is 42.1 Å². The van der Waals surface area contributed by atoms with Crippen LogP contribution in [0.3, 0.4) is 0 Å². The van der Waals surface area contributed by atoms with Gasteiger partial charge in [0.2, 0.25) is 0 Å². The van der Waals surface area contributed by atoms with Gasteiger partial charge < -0.3 is 9.64 Å². The largest absolute Gasteiger partial charge is 0.491 e. The van der Waals surface area contributed by atoms with Gasteiger partial charge >= 0.3 is 0 Å². The van der Waals surface area contributed by atoms with Gasteiger partial charge in [-0.3, -0.25) is 4.99 Å². The van der Waals surface area contributed by atoms with Gasteiger partial charge in [0.25, 0.3) is 0 Å². The van der Waals surface area contributed by atoms with Gasteiger partial charge in [-0.25, -0.2) is 0 Å². The minimum atomic E-state index is 0.673. The summed E-state index contributed by atoms with van der Waals surface area (Å²) in [6, 6.07) is 6.52. The lowest BCUT2D eigenvalue weighted by Gasteiger charge is -2.18. The van der Waals surface area contributed by atoms with Crippen molar-refractivity contribution in [1.29, 1.82) is 0 Å². The van der Waals surface area contributed by atoms with E-state index in [4.69, 9.17) is 4.74 Å². The number of aliphatic imine (C=N–C) groups is 1. The smallest absolute Gasteiger partial charge is 0.138 e. The molecule has 1 aromatic carbocycles. The SMILES string of the molecule is C=CN1CCOc2cc(C3CC3)ccc2C1=NC. The highest BCUT2D eigenvalue weighted by Gasteiger charge is 2.26. The van der Waals surface area contributed by atoms with Gasteiger partial charge in [0.1, 0.15) is 18.2 Å². The van der Waals surface area contributed by atoms with Crippen LogP contribution in [-0.2, 0) is 0 Å². The molecule has 0 saturated heterocycles. The van der Waals surface area contributed by atoms with Crippen molar-refractivity contribution in [3.8, 4) is 5.75 Å². The van der Waals surface area contributed by atoms with Crippen LogP contribution in [0, 0.1) is 0 Å². The van der Waals surface area contributed by atoms with Crippen molar-refractivity contribution >= 4 is 5.84 Å². The Balaban J connectivity index is 2.04. The van der Waals surface area contributed by atoms with E-state index in [-0.39, 0.29) is 0 Å². The van der Waals surface area contributed by atoms with Crippen LogP contribution in [0.15, 0.2) is 36.0 Å². The molecule has 0 atom stereocenters. The van der Waals surface area contributed by atoms with Crippen LogP contribution >= 0.6 is 0 Å². The third kappa shape index (κ3) is 1.90. The highest BCUT2D eigenvalue weighted by atomic mass is 16.5. The minimum Gasteiger partial charge on any atom is -0.491 e. The van der Waals surface area contributed by atoms with Crippen molar-refractivity contribution in [1.82, 2.24) is 4.90 Å². The Hall–Kier alpha value is -1.77. The van der Waals surface area contributed by atoms with Gasteiger partial charge in [0, 0.05) is 7.05 Å². The first-order valence-corrected chi connectivity index (χ1v) is 6.46. The van der Waals surface area contributed by atoms with Crippen molar-refractivity contribution in [2.45, 2.75) is 18.8 Å². The molecule has 1 saturated carbocycles. The number of nitrogens with zero attached hydrogens (tertiary/aromatic N) is 2. The summed E-state index contributed by atoms with van der Waals surface area (Å²) in [6.45, 7) is 5.31. The van der Waals surface area contributed by atoms with Gasteiger partial charge in [-0.1, -0.05) is 12.6 Å². The molecule has 0 unspecified atom stereocenters. The Labute approximate surface area is 108 Å². The first-order chi connectivity index (χ1) is 8.83. The molecular weight excluding hydrogens is 224 g/mol. The molecule has 18 heavy (non-hydrogen) atoms. The number of fused-ring (bicyclic) bond motifs is 1. The summed E-state index contributed by atoms with van der Waals surface area (Å²) >= 11 is 0. The molecule has 0 N–H and O–H groups in total. The van der Waals surface area contributed by atoms with Crippen LogP contribution in [-0.4, -0.2) is 30.9 Å². The summed E-state index contributed by atoms with van der Waals surface area (Å²) in [5.74, 6) is 2.66. The van der Waals surface area contributed by atoms with Gasteiger partial charge in [-0.2, -0.15) is 0 Å². The maximum Gasteiger partial charge on any atom is 0.138 e. The third-order valence-electron chi connectivity index (χ3n) is 3.59. The van der Waals surface area contributed by atoms with E-state index in [0.29, 0.717) is 6.61 Å². The Morgan fingerprint density at radius 2 is 2.28 bits per heavy atom. The molecule has 0 amide bonds. The van der Waals surface area contributed by atoms with Gasteiger partial charge in [-0.05, 0) is 42.7 Å². The van der Waals surface area contributed by atoms with Crippen LogP contribution in [0.25, 0.3) is 0 Å². The molecule has 1 aromatic rings. The van der Waals surface area contributed by atoms with E-state index in [1.165, 1.54) is 18.4 Å². The fraction of sp³-hybridized carbons (Fsp3) is 0.400. The fourth-order valence-electron chi connectivity index (χ4n) is 2.45. The lowest BCUT2D eigenvalue weighted by atomic mass is 10.1. The maximum absolute atomic E-state index is 5.86. The molecular formula is C15H18N2O.